The summed E-state index contributed by atoms with van der Waals surface area (Å²) in [7, 11) is 0. The number of carbonyl (C=O) groups excluding carboxylic acids is 2. The molecule has 9 heteroatoms. The number of pyridine rings is 1. The minimum absolute atomic E-state index is 0.0101. The molecule has 32 heavy (non-hydrogen) atoms. The number of hydrogen-bond acceptors (Lipinski definition) is 4. The zero-order chi connectivity index (χ0) is 22.7. The Bertz CT molecular complexity index is 1170. The third-order valence-electron chi connectivity index (χ3n) is 5.28. The molecule has 2 atom stereocenters. The summed E-state index contributed by atoms with van der Waals surface area (Å²) < 4.78 is 18.7. The van der Waals surface area contributed by atoms with Crippen LogP contribution < -0.4 is 15.4 Å². The largest absolute Gasteiger partial charge is 0.484 e. The van der Waals surface area contributed by atoms with Crippen LogP contribution in [-0.2, 0) is 4.79 Å². The Labute approximate surface area is 194 Å². The van der Waals surface area contributed by atoms with Crippen molar-refractivity contribution in [3.05, 3.63) is 70.1 Å². The van der Waals surface area contributed by atoms with Gasteiger partial charge >= 0.3 is 0 Å². The first-order valence-electron chi connectivity index (χ1n) is 10.1. The smallest absolute Gasteiger partial charge is 0.270 e. The van der Waals surface area contributed by atoms with Gasteiger partial charge in [0.1, 0.15) is 17.3 Å². The summed E-state index contributed by atoms with van der Waals surface area (Å²) in [5, 5.41) is 7.33. The summed E-state index contributed by atoms with van der Waals surface area (Å²) >= 11 is 11.6. The molecule has 0 aliphatic heterocycles. The van der Waals surface area contributed by atoms with Gasteiger partial charge < -0.3 is 15.4 Å². The van der Waals surface area contributed by atoms with Crippen LogP contribution >= 0.6 is 23.2 Å². The molecule has 0 radical (unpaired) electrons. The minimum Gasteiger partial charge on any atom is -0.484 e. The molecular weight excluding hydrogens is 456 g/mol. The first-order valence-corrected chi connectivity index (χ1v) is 10.9. The SMILES string of the molecule is O=C(COc1ccc(Cl)c(F)c1)N[C@H]1CC[C@H](NC(=O)c2ccc3cc(Cl)ccc3n2)C1. The molecule has 2 amide bonds. The molecule has 0 unspecified atom stereocenters. The average Bonchev–Trinajstić information content (AvgIpc) is 3.20. The van der Waals surface area contributed by atoms with Crippen molar-refractivity contribution >= 4 is 45.9 Å². The number of ether oxygens (including phenoxy) is 1. The van der Waals surface area contributed by atoms with Crippen molar-refractivity contribution in [3.63, 3.8) is 0 Å². The van der Waals surface area contributed by atoms with Gasteiger partial charge in [-0.25, -0.2) is 9.37 Å². The Balaban J connectivity index is 1.26. The van der Waals surface area contributed by atoms with Gasteiger partial charge in [-0.05, 0) is 55.7 Å². The Hall–Kier alpha value is -2.90. The number of carbonyl (C=O) groups is 2. The highest BCUT2D eigenvalue weighted by Crippen LogP contribution is 2.22. The lowest BCUT2D eigenvalue weighted by molar-refractivity contribution is -0.123. The van der Waals surface area contributed by atoms with E-state index in [0.717, 1.165) is 24.3 Å². The van der Waals surface area contributed by atoms with Crippen molar-refractivity contribution in [1.29, 1.82) is 0 Å². The second-order valence-electron chi connectivity index (χ2n) is 7.65. The van der Waals surface area contributed by atoms with Crippen molar-refractivity contribution < 1.29 is 18.7 Å². The van der Waals surface area contributed by atoms with Crippen molar-refractivity contribution in [3.8, 4) is 5.75 Å². The number of rotatable bonds is 6. The van der Waals surface area contributed by atoms with E-state index in [2.05, 4.69) is 15.6 Å². The third kappa shape index (κ3) is 5.47. The van der Waals surface area contributed by atoms with Gasteiger partial charge in [-0.2, -0.15) is 0 Å². The molecule has 1 fully saturated rings. The standard InChI is InChI=1S/C23H20Cl2FN3O3/c24-14-2-8-20-13(9-14)1-7-21(29-20)23(31)28-16-4-3-15(10-16)27-22(30)12-32-17-5-6-18(25)19(26)11-17/h1-2,5-9,11,15-16H,3-4,10,12H2,(H,27,30)(H,28,31)/t15-,16-/m0/s1. The number of nitrogens with one attached hydrogen (secondary N) is 2. The van der Waals surface area contributed by atoms with Gasteiger partial charge in [0, 0.05) is 28.6 Å². The van der Waals surface area contributed by atoms with Crippen molar-refractivity contribution in [2.45, 2.75) is 31.3 Å². The lowest BCUT2D eigenvalue weighted by Crippen LogP contribution is -2.39. The molecule has 3 aromatic rings. The first-order chi connectivity index (χ1) is 15.4. The van der Waals surface area contributed by atoms with E-state index in [1.54, 1.807) is 24.3 Å². The maximum atomic E-state index is 13.4. The second kappa shape index (κ2) is 9.71. The average molecular weight is 476 g/mol. The van der Waals surface area contributed by atoms with Gasteiger partial charge in [0.15, 0.2) is 6.61 Å². The monoisotopic (exact) mass is 475 g/mol. The molecule has 1 aromatic heterocycles. The molecule has 2 N–H and O–H groups in total. The van der Waals surface area contributed by atoms with Gasteiger partial charge in [0.05, 0.1) is 10.5 Å². The van der Waals surface area contributed by atoms with Crippen LogP contribution in [-0.4, -0.2) is 35.5 Å². The van der Waals surface area contributed by atoms with Crippen LogP contribution in [0, 0.1) is 5.82 Å². The topological polar surface area (TPSA) is 80.3 Å². The summed E-state index contributed by atoms with van der Waals surface area (Å²) in [4.78, 5) is 29.2. The summed E-state index contributed by atoms with van der Waals surface area (Å²) in [5.41, 5.74) is 1.02. The van der Waals surface area contributed by atoms with E-state index < -0.39 is 5.82 Å². The number of halogens is 3. The number of amides is 2. The Morgan fingerprint density at radius 2 is 1.81 bits per heavy atom. The molecule has 0 saturated heterocycles. The van der Waals surface area contributed by atoms with E-state index in [0.29, 0.717) is 22.7 Å². The number of aromatic nitrogens is 1. The molecule has 0 spiro atoms. The first kappa shape index (κ1) is 22.3. The molecule has 1 heterocycles. The predicted octanol–water partition coefficient (Wildman–Crippen LogP) is 4.53. The normalized spacial score (nSPS) is 17.8. The molecule has 1 aliphatic carbocycles. The van der Waals surface area contributed by atoms with Crippen LogP contribution in [0.25, 0.3) is 10.9 Å². The zero-order valence-electron chi connectivity index (χ0n) is 16.9. The van der Waals surface area contributed by atoms with Crippen LogP contribution in [0.5, 0.6) is 5.75 Å². The Morgan fingerprint density at radius 1 is 1.03 bits per heavy atom. The zero-order valence-corrected chi connectivity index (χ0v) is 18.4. The number of nitrogens with zero attached hydrogens (tertiary/aromatic N) is 1. The molecule has 0 bridgehead atoms. The lowest BCUT2D eigenvalue weighted by atomic mass is 10.2. The Morgan fingerprint density at radius 3 is 2.59 bits per heavy atom. The fourth-order valence-corrected chi connectivity index (χ4v) is 4.01. The van der Waals surface area contributed by atoms with Gasteiger partial charge in [-0.1, -0.05) is 29.3 Å². The van der Waals surface area contributed by atoms with Crippen LogP contribution in [0.1, 0.15) is 29.8 Å². The molecule has 1 saturated carbocycles. The van der Waals surface area contributed by atoms with E-state index >= 15 is 0 Å². The molecule has 6 nitrogen and oxygen atoms in total. The summed E-state index contributed by atoms with van der Waals surface area (Å²) in [6.45, 7) is -0.236. The highest BCUT2D eigenvalue weighted by atomic mass is 35.5. The van der Waals surface area contributed by atoms with Gasteiger partial charge in [-0.3, -0.25) is 9.59 Å². The second-order valence-corrected chi connectivity index (χ2v) is 8.49. The molecule has 166 valence electrons. The molecule has 1 aliphatic rings. The van der Waals surface area contributed by atoms with Crippen LogP contribution in [0.15, 0.2) is 48.5 Å². The van der Waals surface area contributed by atoms with Crippen LogP contribution in [0.3, 0.4) is 0 Å². The number of hydrogen-bond donors (Lipinski definition) is 2. The van der Waals surface area contributed by atoms with Crippen molar-refractivity contribution in [2.75, 3.05) is 6.61 Å². The van der Waals surface area contributed by atoms with Crippen LogP contribution in [0.2, 0.25) is 10.0 Å². The molecule has 4 rings (SSSR count). The highest BCUT2D eigenvalue weighted by Gasteiger charge is 2.27. The van der Waals surface area contributed by atoms with Gasteiger partial charge in [0.25, 0.3) is 11.8 Å². The summed E-state index contributed by atoms with van der Waals surface area (Å²) in [6.07, 6.45) is 2.08. The van der Waals surface area contributed by atoms with Crippen molar-refractivity contribution in [2.24, 2.45) is 0 Å². The number of fused-ring (bicyclic) bond motifs is 1. The summed E-state index contributed by atoms with van der Waals surface area (Å²) in [6, 6.07) is 12.6. The third-order valence-corrected chi connectivity index (χ3v) is 5.82. The maximum Gasteiger partial charge on any atom is 0.270 e. The maximum absolute atomic E-state index is 13.4. The van der Waals surface area contributed by atoms with Gasteiger partial charge in [-0.15, -0.1) is 0 Å². The number of benzene rings is 2. The van der Waals surface area contributed by atoms with E-state index in [4.69, 9.17) is 27.9 Å². The van der Waals surface area contributed by atoms with E-state index in [1.165, 1.54) is 12.1 Å². The quantitative estimate of drug-likeness (QED) is 0.548. The highest BCUT2D eigenvalue weighted by molar-refractivity contribution is 6.31. The summed E-state index contributed by atoms with van der Waals surface area (Å²) in [5.74, 6) is -0.952. The fraction of sp³-hybridized carbons (Fsp3) is 0.261. The fourth-order valence-electron chi connectivity index (χ4n) is 3.71. The minimum atomic E-state index is -0.608. The predicted molar refractivity (Wildman–Crippen MR) is 121 cm³/mol. The molecule has 2 aromatic carbocycles. The molecular formula is C23H20Cl2FN3O3. The van der Waals surface area contributed by atoms with Gasteiger partial charge in [0.2, 0.25) is 0 Å². The lowest BCUT2D eigenvalue weighted by Gasteiger charge is -2.15. The van der Waals surface area contributed by atoms with Crippen LogP contribution in [0.4, 0.5) is 4.39 Å². The van der Waals surface area contributed by atoms with Crippen molar-refractivity contribution in [1.82, 2.24) is 15.6 Å². The van der Waals surface area contributed by atoms with E-state index in [1.807, 2.05) is 6.07 Å². The Kier molecular flexibility index (Phi) is 6.77. The van der Waals surface area contributed by atoms with E-state index in [9.17, 15) is 14.0 Å². The van der Waals surface area contributed by atoms with E-state index in [-0.39, 0.29) is 41.3 Å².